The van der Waals surface area contributed by atoms with Gasteiger partial charge in [-0.25, -0.2) is 13.1 Å². The van der Waals surface area contributed by atoms with Crippen LogP contribution in [-0.2, 0) is 21.3 Å². The average Bonchev–Trinajstić information content (AvgIpc) is 3.17. The van der Waals surface area contributed by atoms with Crippen LogP contribution in [0.25, 0.3) is 0 Å². The molecule has 0 spiro atoms. The van der Waals surface area contributed by atoms with E-state index in [1.54, 1.807) is 7.11 Å². The first-order valence-electron chi connectivity index (χ1n) is 7.07. The number of nitrogens with one attached hydrogen (secondary N) is 3. The van der Waals surface area contributed by atoms with Gasteiger partial charge in [0.1, 0.15) is 0 Å². The smallest absolute Gasteiger partial charge is 0.260 e. The Morgan fingerprint density at radius 1 is 1.43 bits per heavy atom. The number of aryl methyl sites for hydroxylation is 1. The second kappa shape index (κ2) is 6.04. The lowest BCUT2D eigenvalue weighted by molar-refractivity contribution is 0.0276. The van der Waals surface area contributed by atoms with Crippen LogP contribution in [0, 0.1) is 6.92 Å². The fourth-order valence-corrected chi connectivity index (χ4v) is 3.19. The number of nitrogens with zero attached hydrogens (tertiary/aromatic N) is 1. The minimum absolute atomic E-state index is 0.0695. The summed E-state index contributed by atoms with van der Waals surface area (Å²) < 4.78 is 32.6. The molecule has 7 nitrogen and oxygen atoms in total. The van der Waals surface area contributed by atoms with Crippen molar-refractivity contribution in [3.63, 3.8) is 0 Å². The first-order valence-corrected chi connectivity index (χ1v) is 8.55. The zero-order chi connectivity index (χ0) is 15.7. The van der Waals surface area contributed by atoms with Crippen molar-refractivity contribution in [3.05, 3.63) is 11.3 Å². The lowest BCUT2D eigenvalue weighted by Crippen LogP contribution is -2.40. The highest BCUT2D eigenvalue weighted by Crippen LogP contribution is 2.22. The van der Waals surface area contributed by atoms with Crippen molar-refractivity contribution in [2.75, 3.05) is 13.7 Å². The third-order valence-electron chi connectivity index (χ3n) is 3.68. The molecule has 21 heavy (non-hydrogen) atoms. The topological polar surface area (TPSA) is 96.1 Å². The van der Waals surface area contributed by atoms with Gasteiger partial charge in [-0.2, -0.15) is 5.10 Å². The molecule has 0 aromatic carbocycles. The van der Waals surface area contributed by atoms with Crippen LogP contribution in [0.1, 0.15) is 37.9 Å². The normalized spacial score (nSPS) is 16.4. The van der Waals surface area contributed by atoms with Crippen molar-refractivity contribution in [1.82, 2.24) is 20.2 Å². The van der Waals surface area contributed by atoms with Gasteiger partial charge in [-0.15, -0.1) is 0 Å². The summed E-state index contributed by atoms with van der Waals surface area (Å²) in [5, 5.41) is 10.1. The summed E-state index contributed by atoms with van der Waals surface area (Å²) >= 11 is 0. The molecule has 8 heteroatoms. The molecule has 1 aromatic rings. The molecule has 0 aliphatic heterocycles. The van der Waals surface area contributed by atoms with E-state index >= 15 is 0 Å². The number of ether oxygens (including phenoxy) is 1. The van der Waals surface area contributed by atoms with Crippen LogP contribution in [0.2, 0.25) is 0 Å². The molecule has 1 fully saturated rings. The van der Waals surface area contributed by atoms with Gasteiger partial charge < -0.3 is 10.1 Å². The molecule has 3 N–H and O–H groups in total. The molecule has 0 bridgehead atoms. The van der Waals surface area contributed by atoms with E-state index in [0.717, 1.165) is 18.5 Å². The average molecular weight is 316 g/mol. The molecule has 1 saturated carbocycles. The third-order valence-corrected chi connectivity index (χ3v) is 5.05. The maximum absolute atomic E-state index is 12.4. The van der Waals surface area contributed by atoms with Crippen molar-refractivity contribution in [2.45, 2.75) is 56.8 Å². The number of hydrogen-bond acceptors (Lipinski definition) is 5. The van der Waals surface area contributed by atoms with Gasteiger partial charge in [-0.05, 0) is 33.6 Å². The molecule has 0 unspecified atom stereocenters. The Kier molecular flexibility index (Phi) is 4.72. The van der Waals surface area contributed by atoms with E-state index < -0.39 is 15.6 Å². The SMILES string of the molecule is COC(C)(C)CNS(=O)(=O)c1n[nH]c(C)c1CNC1CC1. The minimum Gasteiger partial charge on any atom is -0.377 e. The van der Waals surface area contributed by atoms with Crippen LogP contribution in [0.15, 0.2) is 5.03 Å². The van der Waals surface area contributed by atoms with Gasteiger partial charge in [-0.1, -0.05) is 0 Å². The largest absolute Gasteiger partial charge is 0.377 e. The molecule has 2 rings (SSSR count). The van der Waals surface area contributed by atoms with Gasteiger partial charge >= 0.3 is 0 Å². The number of H-pyrrole nitrogens is 1. The van der Waals surface area contributed by atoms with Crippen LogP contribution in [0.5, 0.6) is 0 Å². The monoisotopic (exact) mass is 316 g/mol. The zero-order valence-electron chi connectivity index (χ0n) is 13.0. The van der Waals surface area contributed by atoms with E-state index in [1.807, 2.05) is 20.8 Å². The highest BCUT2D eigenvalue weighted by Gasteiger charge is 2.28. The Morgan fingerprint density at radius 2 is 2.10 bits per heavy atom. The van der Waals surface area contributed by atoms with Crippen molar-refractivity contribution >= 4 is 10.0 Å². The highest BCUT2D eigenvalue weighted by atomic mass is 32.2. The molecular formula is C13H24N4O3S. The van der Waals surface area contributed by atoms with Gasteiger partial charge in [0, 0.05) is 37.5 Å². The van der Waals surface area contributed by atoms with Crippen LogP contribution >= 0.6 is 0 Å². The molecule has 0 radical (unpaired) electrons. The number of aromatic nitrogens is 2. The maximum atomic E-state index is 12.4. The summed E-state index contributed by atoms with van der Waals surface area (Å²) in [7, 11) is -2.10. The van der Waals surface area contributed by atoms with Gasteiger partial charge in [-0.3, -0.25) is 5.10 Å². The zero-order valence-corrected chi connectivity index (χ0v) is 13.8. The lowest BCUT2D eigenvalue weighted by atomic mass is 10.1. The predicted molar refractivity (Wildman–Crippen MR) is 79.5 cm³/mol. The summed E-state index contributed by atoms with van der Waals surface area (Å²) in [5.41, 5.74) is 0.907. The number of rotatable bonds is 8. The lowest BCUT2D eigenvalue weighted by Gasteiger charge is -2.22. The first-order chi connectivity index (χ1) is 9.75. The molecular weight excluding hydrogens is 292 g/mol. The Balaban J connectivity index is 2.11. The standard InChI is InChI=1S/C13H24N4O3S/c1-9-11(7-14-10-5-6-10)12(17-16-9)21(18,19)15-8-13(2,3)20-4/h10,14-15H,5-8H2,1-4H3,(H,16,17). The van der Waals surface area contributed by atoms with Gasteiger partial charge in [0.2, 0.25) is 0 Å². The Bertz CT molecular complexity index is 591. The van der Waals surface area contributed by atoms with Crippen LogP contribution in [0.3, 0.4) is 0 Å². The van der Waals surface area contributed by atoms with Crippen molar-refractivity contribution in [3.8, 4) is 0 Å². The van der Waals surface area contributed by atoms with E-state index in [1.165, 1.54) is 0 Å². The Hall–Kier alpha value is -0.960. The second-order valence-electron chi connectivity index (χ2n) is 6.08. The fourth-order valence-electron chi connectivity index (χ4n) is 1.80. The van der Waals surface area contributed by atoms with Crippen LogP contribution in [-0.4, -0.2) is 43.9 Å². The van der Waals surface area contributed by atoms with E-state index in [2.05, 4.69) is 20.2 Å². The van der Waals surface area contributed by atoms with Gasteiger partial charge in [0.25, 0.3) is 10.0 Å². The molecule has 1 aliphatic carbocycles. The summed E-state index contributed by atoms with van der Waals surface area (Å²) in [4.78, 5) is 0. The number of methoxy groups -OCH3 is 1. The molecule has 0 amide bonds. The fraction of sp³-hybridized carbons (Fsp3) is 0.769. The second-order valence-corrected chi connectivity index (χ2v) is 7.76. The molecule has 0 atom stereocenters. The Labute approximate surface area is 125 Å². The minimum atomic E-state index is -3.65. The summed E-state index contributed by atoms with van der Waals surface area (Å²) in [6.07, 6.45) is 2.30. The third kappa shape index (κ3) is 4.26. The summed E-state index contributed by atoms with van der Waals surface area (Å²) in [6.45, 7) is 6.17. The molecule has 1 aromatic heterocycles. The summed E-state index contributed by atoms with van der Waals surface area (Å²) in [6, 6.07) is 0.509. The van der Waals surface area contributed by atoms with E-state index in [-0.39, 0.29) is 11.6 Å². The van der Waals surface area contributed by atoms with Crippen molar-refractivity contribution in [1.29, 1.82) is 0 Å². The van der Waals surface area contributed by atoms with Crippen molar-refractivity contribution < 1.29 is 13.2 Å². The summed E-state index contributed by atoms with van der Waals surface area (Å²) in [5.74, 6) is 0. The van der Waals surface area contributed by atoms with E-state index in [4.69, 9.17) is 4.74 Å². The molecule has 1 aliphatic rings. The van der Waals surface area contributed by atoms with E-state index in [0.29, 0.717) is 18.2 Å². The quantitative estimate of drug-likeness (QED) is 0.655. The van der Waals surface area contributed by atoms with Gasteiger partial charge in [0.05, 0.1) is 5.60 Å². The van der Waals surface area contributed by atoms with Crippen LogP contribution in [0.4, 0.5) is 0 Å². The number of aromatic amines is 1. The van der Waals surface area contributed by atoms with Gasteiger partial charge in [0.15, 0.2) is 5.03 Å². The highest BCUT2D eigenvalue weighted by molar-refractivity contribution is 7.89. The first kappa shape index (κ1) is 16.4. The molecule has 1 heterocycles. The molecule has 120 valence electrons. The number of hydrogen-bond donors (Lipinski definition) is 3. The maximum Gasteiger partial charge on any atom is 0.260 e. The van der Waals surface area contributed by atoms with Crippen molar-refractivity contribution in [2.24, 2.45) is 0 Å². The molecule has 0 saturated heterocycles. The van der Waals surface area contributed by atoms with E-state index in [9.17, 15) is 8.42 Å². The van der Waals surface area contributed by atoms with Crippen LogP contribution < -0.4 is 10.0 Å². The number of sulfonamides is 1. The Morgan fingerprint density at radius 3 is 2.67 bits per heavy atom. The predicted octanol–water partition coefficient (Wildman–Crippen LogP) is 0.673.